The van der Waals surface area contributed by atoms with Crippen molar-refractivity contribution in [3.05, 3.63) is 11.6 Å². The molecule has 5 fully saturated rings. The van der Waals surface area contributed by atoms with E-state index in [-0.39, 0.29) is 34.9 Å². The molecule has 10 atom stereocenters. The van der Waals surface area contributed by atoms with E-state index in [0.29, 0.717) is 17.9 Å². The van der Waals surface area contributed by atoms with Crippen molar-refractivity contribution < 1.29 is 23.3 Å². The van der Waals surface area contributed by atoms with Gasteiger partial charge in [0, 0.05) is 12.0 Å². The number of fused-ring (bicyclic) bond motifs is 7. The third-order valence-corrected chi connectivity index (χ3v) is 14.6. The summed E-state index contributed by atoms with van der Waals surface area (Å²) in [6, 6.07) is 0. The SMILES string of the molecule is C[C@H](OP(=O)(N(C)C)N(C)C)[C@@]12O[C@@H]1C[C@H]1[C@@H]3CC=C4C[C@@H](OC5CCCCO5)CC[C@]4(C)[C@H]3CC[C@@]12C. The van der Waals surface area contributed by atoms with Crippen LogP contribution >= 0.6 is 7.67 Å². The van der Waals surface area contributed by atoms with Crippen LogP contribution in [0.3, 0.4) is 0 Å². The van der Waals surface area contributed by atoms with Gasteiger partial charge < -0.3 is 14.2 Å². The molecule has 8 heteroatoms. The van der Waals surface area contributed by atoms with Crippen molar-refractivity contribution in [3.8, 4) is 0 Å². The van der Waals surface area contributed by atoms with Gasteiger partial charge in [-0.2, -0.15) is 0 Å². The summed E-state index contributed by atoms with van der Waals surface area (Å²) in [4.78, 5) is 0. The highest BCUT2D eigenvalue weighted by Gasteiger charge is 2.79. The van der Waals surface area contributed by atoms with E-state index < -0.39 is 7.67 Å². The van der Waals surface area contributed by atoms with Crippen molar-refractivity contribution >= 4 is 7.67 Å². The minimum absolute atomic E-state index is 0.00587. The number of allylic oxidation sites excluding steroid dienone is 1. The third-order valence-electron chi connectivity index (χ3n) is 12.0. The molecule has 0 aromatic rings. The Hall–Kier alpha value is -0.270. The van der Waals surface area contributed by atoms with Gasteiger partial charge in [-0.05, 0) is 122 Å². The van der Waals surface area contributed by atoms with E-state index in [1.807, 2.05) is 28.2 Å². The lowest BCUT2D eigenvalue weighted by Crippen LogP contribution is -2.55. The molecule has 3 saturated carbocycles. The molecule has 216 valence electrons. The molecule has 2 aliphatic heterocycles. The van der Waals surface area contributed by atoms with E-state index in [9.17, 15) is 4.57 Å². The molecule has 0 amide bonds. The van der Waals surface area contributed by atoms with Crippen LogP contribution in [-0.4, -0.2) is 74.3 Å². The molecule has 38 heavy (non-hydrogen) atoms. The first kappa shape index (κ1) is 27.9. The molecule has 7 nitrogen and oxygen atoms in total. The molecule has 0 aromatic heterocycles. The molecule has 0 spiro atoms. The zero-order valence-corrected chi connectivity index (χ0v) is 25.7. The van der Waals surface area contributed by atoms with Crippen LogP contribution in [0.4, 0.5) is 0 Å². The average Bonchev–Trinajstić information content (AvgIpc) is 3.56. The second kappa shape index (κ2) is 9.64. The van der Waals surface area contributed by atoms with Gasteiger partial charge in [-0.15, -0.1) is 0 Å². The molecular weight excluding hydrogens is 499 g/mol. The summed E-state index contributed by atoms with van der Waals surface area (Å²) in [7, 11) is 4.28. The molecule has 4 aliphatic carbocycles. The Morgan fingerprint density at radius 1 is 1.05 bits per heavy atom. The highest BCUT2D eigenvalue weighted by molar-refractivity contribution is 7.53. The minimum Gasteiger partial charge on any atom is -0.363 e. The summed E-state index contributed by atoms with van der Waals surface area (Å²) < 4.78 is 42.6. The lowest BCUT2D eigenvalue weighted by molar-refractivity contribution is -0.195. The molecule has 2 saturated heterocycles. The smallest absolute Gasteiger partial charge is 0.345 e. The van der Waals surface area contributed by atoms with Crippen LogP contribution in [0.2, 0.25) is 0 Å². The summed E-state index contributed by atoms with van der Waals surface area (Å²) in [6.45, 7) is 7.98. The summed E-state index contributed by atoms with van der Waals surface area (Å²) >= 11 is 0. The predicted molar refractivity (Wildman–Crippen MR) is 149 cm³/mol. The van der Waals surface area contributed by atoms with Crippen molar-refractivity contribution in [1.29, 1.82) is 0 Å². The minimum atomic E-state index is -3.09. The molecule has 6 aliphatic rings. The third kappa shape index (κ3) is 4.01. The van der Waals surface area contributed by atoms with Gasteiger partial charge in [0.1, 0.15) is 5.60 Å². The van der Waals surface area contributed by atoms with Crippen molar-refractivity contribution in [2.75, 3.05) is 34.8 Å². The largest absolute Gasteiger partial charge is 0.363 e. The van der Waals surface area contributed by atoms with Gasteiger partial charge >= 0.3 is 7.67 Å². The predicted octanol–water partition coefficient (Wildman–Crippen LogP) is 6.24. The molecule has 0 aromatic carbocycles. The van der Waals surface area contributed by atoms with E-state index in [1.165, 1.54) is 32.1 Å². The maximum absolute atomic E-state index is 13.7. The summed E-state index contributed by atoms with van der Waals surface area (Å²) in [5.74, 6) is 2.05. The summed E-state index contributed by atoms with van der Waals surface area (Å²) in [5.41, 5.74) is 1.67. The van der Waals surface area contributed by atoms with Gasteiger partial charge in [0.05, 0.1) is 18.3 Å². The van der Waals surface area contributed by atoms with Crippen LogP contribution in [0, 0.1) is 28.6 Å². The Bertz CT molecular complexity index is 985. The molecule has 0 radical (unpaired) electrons. The highest BCUT2D eigenvalue weighted by Crippen LogP contribution is 2.75. The van der Waals surface area contributed by atoms with E-state index in [4.69, 9.17) is 18.7 Å². The van der Waals surface area contributed by atoms with E-state index in [1.54, 1.807) is 14.9 Å². The first-order valence-electron chi connectivity index (χ1n) is 15.2. The highest BCUT2D eigenvalue weighted by atomic mass is 31.2. The molecule has 6 rings (SSSR count). The maximum atomic E-state index is 13.7. The van der Waals surface area contributed by atoms with Gasteiger partial charge in [-0.1, -0.05) is 25.5 Å². The van der Waals surface area contributed by atoms with Crippen LogP contribution < -0.4 is 0 Å². The van der Waals surface area contributed by atoms with Crippen LogP contribution in [0.5, 0.6) is 0 Å². The topological polar surface area (TPSA) is 63.8 Å². The zero-order valence-electron chi connectivity index (χ0n) is 24.8. The van der Waals surface area contributed by atoms with Gasteiger partial charge in [-0.25, -0.2) is 9.34 Å². The van der Waals surface area contributed by atoms with E-state index >= 15 is 0 Å². The van der Waals surface area contributed by atoms with Crippen LogP contribution in [0.1, 0.15) is 85.0 Å². The number of rotatable bonds is 7. The summed E-state index contributed by atoms with van der Waals surface area (Å²) in [6.07, 6.45) is 14.5. The average molecular weight is 551 g/mol. The number of epoxide rings is 1. The van der Waals surface area contributed by atoms with Crippen LogP contribution in [-0.2, 0) is 23.3 Å². The Morgan fingerprint density at radius 3 is 2.50 bits per heavy atom. The Labute approximate surface area is 230 Å². The summed E-state index contributed by atoms with van der Waals surface area (Å²) in [5, 5.41) is 0. The molecule has 0 bridgehead atoms. The maximum Gasteiger partial charge on any atom is 0.345 e. The fourth-order valence-electron chi connectivity index (χ4n) is 9.83. The fraction of sp³-hybridized carbons (Fsp3) is 0.933. The lowest BCUT2D eigenvalue weighted by Gasteiger charge is -2.59. The van der Waals surface area contributed by atoms with Gasteiger partial charge in [-0.3, -0.25) is 9.09 Å². The molecule has 2 heterocycles. The number of hydrogen-bond acceptors (Lipinski definition) is 5. The second-order valence-corrected chi connectivity index (χ2v) is 16.9. The van der Waals surface area contributed by atoms with E-state index in [2.05, 4.69) is 26.8 Å². The van der Waals surface area contributed by atoms with Crippen LogP contribution in [0.15, 0.2) is 11.6 Å². The van der Waals surface area contributed by atoms with Crippen LogP contribution in [0.25, 0.3) is 0 Å². The van der Waals surface area contributed by atoms with Gasteiger partial charge in [0.2, 0.25) is 0 Å². The van der Waals surface area contributed by atoms with Crippen molar-refractivity contribution in [3.63, 3.8) is 0 Å². The van der Waals surface area contributed by atoms with Crippen molar-refractivity contribution in [1.82, 2.24) is 9.34 Å². The quantitative estimate of drug-likeness (QED) is 0.211. The monoisotopic (exact) mass is 550 g/mol. The first-order chi connectivity index (χ1) is 18.0. The standard InChI is InChI=1S/C30H51N2O5P/c1-20(37-38(33,31(4)5)32(6)7)30-26(36-30)19-25-23-12-11-21-18-22(35-27-10-8-9-17-34-27)13-15-28(21,2)24(23)14-16-29(25,30)3/h11,20,22-27H,8-10,12-19H2,1-7H3/t20-,22-,23+,24-,25-,26+,27?,28-,29-,30+/m0/s1. The van der Waals surface area contributed by atoms with Gasteiger partial charge in [0.15, 0.2) is 6.29 Å². The molecular formula is C30H51N2O5P. The first-order valence-corrected chi connectivity index (χ1v) is 16.8. The Kier molecular flexibility index (Phi) is 7.08. The number of hydrogen-bond donors (Lipinski definition) is 0. The van der Waals surface area contributed by atoms with Gasteiger partial charge in [0.25, 0.3) is 0 Å². The normalized spacial score (nSPS) is 47.1. The fourth-order valence-corrected chi connectivity index (χ4v) is 11.5. The molecule has 0 N–H and O–H groups in total. The number of ether oxygens (including phenoxy) is 3. The molecule has 1 unspecified atom stereocenters. The number of nitrogens with zero attached hydrogens (tertiary/aromatic N) is 2. The lowest BCUT2D eigenvalue weighted by atomic mass is 9.47. The zero-order chi connectivity index (χ0) is 27.1. The Balaban J connectivity index is 1.19. The van der Waals surface area contributed by atoms with Crippen molar-refractivity contribution in [2.24, 2.45) is 28.6 Å². The second-order valence-electron chi connectivity index (χ2n) is 14.1. The van der Waals surface area contributed by atoms with Crippen molar-refractivity contribution in [2.45, 2.75) is 115 Å². The Morgan fingerprint density at radius 2 is 1.82 bits per heavy atom. The van der Waals surface area contributed by atoms with E-state index in [0.717, 1.165) is 44.6 Å².